The molecule has 0 radical (unpaired) electrons. The fourth-order valence-electron chi connectivity index (χ4n) is 2.88. The Morgan fingerprint density at radius 1 is 1.20 bits per heavy atom. The Balaban J connectivity index is 1.47. The highest BCUT2D eigenvalue weighted by atomic mass is 35.5. The average Bonchev–Trinajstić information content (AvgIpc) is 3.37. The number of oxazole rings is 1. The van der Waals surface area contributed by atoms with Gasteiger partial charge in [0.05, 0.1) is 6.04 Å². The molecule has 1 heterocycles. The van der Waals surface area contributed by atoms with E-state index < -0.39 is 0 Å². The summed E-state index contributed by atoms with van der Waals surface area (Å²) in [6.45, 7) is 0. The third kappa shape index (κ3) is 3.74. The molecule has 0 aliphatic heterocycles. The number of amides is 1. The number of nitrogens with one attached hydrogen (secondary N) is 1. The van der Waals surface area contributed by atoms with Crippen LogP contribution in [-0.4, -0.2) is 10.9 Å². The summed E-state index contributed by atoms with van der Waals surface area (Å²) >= 11 is 5.95. The van der Waals surface area contributed by atoms with E-state index in [2.05, 4.69) is 10.3 Å². The summed E-state index contributed by atoms with van der Waals surface area (Å²) < 4.78 is 5.59. The van der Waals surface area contributed by atoms with Gasteiger partial charge >= 0.3 is 0 Å². The Morgan fingerprint density at radius 3 is 2.68 bits per heavy atom. The number of rotatable bonds is 5. The second kappa shape index (κ2) is 6.73. The molecule has 2 aromatic carbocycles. The highest BCUT2D eigenvalue weighted by molar-refractivity contribution is 6.30. The van der Waals surface area contributed by atoms with Crippen molar-refractivity contribution in [1.29, 1.82) is 0 Å². The maximum Gasteiger partial charge on any atom is 0.244 e. The minimum atomic E-state index is -0.158. The number of hydrogen-bond donors (Lipinski definition) is 1. The van der Waals surface area contributed by atoms with E-state index in [1.54, 1.807) is 6.08 Å². The molecule has 1 aliphatic rings. The first-order chi connectivity index (χ1) is 12.2. The van der Waals surface area contributed by atoms with Crippen molar-refractivity contribution in [2.24, 2.45) is 5.92 Å². The molecule has 1 fully saturated rings. The highest BCUT2D eigenvalue weighted by Gasteiger charge is 2.33. The van der Waals surface area contributed by atoms with Gasteiger partial charge in [-0.2, -0.15) is 0 Å². The minimum Gasteiger partial charge on any atom is -0.437 e. The number of aromatic nitrogens is 1. The van der Waals surface area contributed by atoms with E-state index in [9.17, 15) is 4.79 Å². The molecule has 1 aromatic heterocycles. The van der Waals surface area contributed by atoms with E-state index in [0.717, 1.165) is 23.9 Å². The lowest BCUT2D eigenvalue weighted by Crippen LogP contribution is -2.28. The molecule has 1 atom stereocenters. The van der Waals surface area contributed by atoms with E-state index in [0.29, 0.717) is 22.4 Å². The molecule has 0 bridgehead atoms. The standard InChI is InChI=1S/C20H17ClN2O2/c21-15-9-7-14(8-10-15)20(13-5-6-13)23-18(24)11-12-19-22-16-3-1-2-4-17(16)25-19/h1-4,7-13,20H,5-6H2,(H,23,24)/b12-11+. The Bertz CT molecular complexity index is 893. The van der Waals surface area contributed by atoms with Crippen molar-refractivity contribution in [3.05, 3.63) is 71.1 Å². The third-order valence-electron chi connectivity index (χ3n) is 4.31. The molecular weight excluding hydrogens is 336 g/mol. The van der Waals surface area contributed by atoms with E-state index in [1.165, 1.54) is 6.08 Å². The predicted octanol–water partition coefficient (Wildman–Crippen LogP) is 4.76. The van der Waals surface area contributed by atoms with E-state index in [1.807, 2.05) is 48.5 Å². The number of carbonyl (C=O) groups excluding carboxylic acids is 1. The van der Waals surface area contributed by atoms with Gasteiger partial charge in [0.2, 0.25) is 11.8 Å². The number of benzene rings is 2. The lowest BCUT2D eigenvalue weighted by molar-refractivity contribution is -0.117. The van der Waals surface area contributed by atoms with Crippen LogP contribution in [0.3, 0.4) is 0 Å². The molecule has 1 amide bonds. The summed E-state index contributed by atoms with van der Waals surface area (Å²) in [4.78, 5) is 16.7. The Kier molecular flexibility index (Phi) is 4.28. The van der Waals surface area contributed by atoms with Gasteiger partial charge in [0.25, 0.3) is 0 Å². The monoisotopic (exact) mass is 352 g/mol. The molecule has 5 heteroatoms. The largest absolute Gasteiger partial charge is 0.437 e. The first-order valence-electron chi connectivity index (χ1n) is 8.29. The molecular formula is C20H17ClN2O2. The van der Waals surface area contributed by atoms with Crippen LogP contribution in [0.5, 0.6) is 0 Å². The number of nitrogens with zero attached hydrogens (tertiary/aromatic N) is 1. The second-order valence-corrected chi connectivity index (χ2v) is 6.66. The topological polar surface area (TPSA) is 55.1 Å². The first-order valence-corrected chi connectivity index (χ1v) is 8.66. The van der Waals surface area contributed by atoms with Crippen molar-refractivity contribution in [3.8, 4) is 0 Å². The SMILES string of the molecule is O=C(/C=C/c1nc2ccccc2o1)NC(c1ccc(Cl)cc1)C1CC1. The van der Waals surface area contributed by atoms with Crippen LogP contribution in [-0.2, 0) is 4.79 Å². The summed E-state index contributed by atoms with van der Waals surface area (Å²) in [6, 6.07) is 15.2. The van der Waals surface area contributed by atoms with Gasteiger partial charge in [-0.15, -0.1) is 0 Å². The summed E-state index contributed by atoms with van der Waals surface area (Å²) in [5, 5.41) is 3.78. The Hall–Kier alpha value is -2.59. The molecule has 1 N–H and O–H groups in total. The van der Waals surface area contributed by atoms with Gasteiger partial charge in [-0.3, -0.25) is 4.79 Å². The molecule has 3 aromatic rings. The molecule has 0 saturated heterocycles. The van der Waals surface area contributed by atoms with E-state index >= 15 is 0 Å². The smallest absolute Gasteiger partial charge is 0.244 e. The summed E-state index contributed by atoms with van der Waals surface area (Å²) in [6.07, 6.45) is 5.32. The number of para-hydroxylation sites is 2. The Labute approximate surface area is 150 Å². The molecule has 4 rings (SSSR count). The van der Waals surface area contributed by atoms with Gasteiger partial charge in [-0.05, 0) is 48.6 Å². The molecule has 1 aliphatic carbocycles. The fourth-order valence-corrected chi connectivity index (χ4v) is 3.01. The fraction of sp³-hybridized carbons (Fsp3) is 0.200. The number of hydrogen-bond acceptors (Lipinski definition) is 3. The van der Waals surface area contributed by atoms with Crippen molar-refractivity contribution >= 4 is 34.7 Å². The zero-order chi connectivity index (χ0) is 17.2. The molecule has 25 heavy (non-hydrogen) atoms. The van der Waals surface area contributed by atoms with Crippen molar-refractivity contribution < 1.29 is 9.21 Å². The Morgan fingerprint density at radius 2 is 1.96 bits per heavy atom. The molecule has 1 saturated carbocycles. The predicted molar refractivity (Wildman–Crippen MR) is 98.1 cm³/mol. The molecule has 1 unspecified atom stereocenters. The first kappa shape index (κ1) is 15.9. The normalized spacial score (nSPS) is 15.6. The van der Waals surface area contributed by atoms with Gasteiger partial charge in [0.15, 0.2) is 5.58 Å². The molecule has 0 spiro atoms. The van der Waals surface area contributed by atoms with E-state index in [4.69, 9.17) is 16.0 Å². The van der Waals surface area contributed by atoms with Crippen LogP contribution in [0, 0.1) is 5.92 Å². The second-order valence-electron chi connectivity index (χ2n) is 6.23. The van der Waals surface area contributed by atoms with Gasteiger partial charge in [-0.1, -0.05) is 35.9 Å². The maximum atomic E-state index is 12.3. The highest BCUT2D eigenvalue weighted by Crippen LogP contribution is 2.41. The number of carbonyl (C=O) groups is 1. The van der Waals surface area contributed by atoms with Crippen molar-refractivity contribution in [2.45, 2.75) is 18.9 Å². The van der Waals surface area contributed by atoms with Crippen LogP contribution in [0.15, 0.2) is 59.0 Å². The van der Waals surface area contributed by atoms with Crippen molar-refractivity contribution in [3.63, 3.8) is 0 Å². The van der Waals surface area contributed by atoms with Crippen LogP contribution in [0.4, 0.5) is 0 Å². The maximum absolute atomic E-state index is 12.3. The van der Waals surface area contributed by atoms with Gasteiger partial charge in [0, 0.05) is 17.2 Å². The van der Waals surface area contributed by atoms with Crippen LogP contribution in [0.25, 0.3) is 17.2 Å². The zero-order valence-electron chi connectivity index (χ0n) is 13.5. The third-order valence-corrected chi connectivity index (χ3v) is 4.56. The average molecular weight is 353 g/mol. The lowest BCUT2D eigenvalue weighted by atomic mass is 10.0. The van der Waals surface area contributed by atoms with Crippen LogP contribution >= 0.6 is 11.6 Å². The van der Waals surface area contributed by atoms with Gasteiger partial charge in [-0.25, -0.2) is 4.98 Å². The quantitative estimate of drug-likeness (QED) is 0.673. The summed E-state index contributed by atoms with van der Waals surface area (Å²) in [5.74, 6) is 0.753. The van der Waals surface area contributed by atoms with Crippen LogP contribution in [0.1, 0.15) is 30.3 Å². The van der Waals surface area contributed by atoms with Crippen LogP contribution in [0.2, 0.25) is 5.02 Å². The lowest BCUT2D eigenvalue weighted by Gasteiger charge is -2.17. The molecule has 4 nitrogen and oxygen atoms in total. The number of fused-ring (bicyclic) bond motifs is 1. The summed E-state index contributed by atoms with van der Waals surface area (Å²) in [7, 11) is 0. The summed E-state index contributed by atoms with van der Waals surface area (Å²) in [5.41, 5.74) is 2.56. The van der Waals surface area contributed by atoms with E-state index in [-0.39, 0.29) is 11.9 Å². The van der Waals surface area contributed by atoms with Gasteiger partial charge in [0.1, 0.15) is 5.52 Å². The van der Waals surface area contributed by atoms with Crippen molar-refractivity contribution in [2.75, 3.05) is 0 Å². The molecule has 126 valence electrons. The van der Waals surface area contributed by atoms with Crippen molar-refractivity contribution in [1.82, 2.24) is 10.3 Å². The zero-order valence-corrected chi connectivity index (χ0v) is 14.2. The number of halogens is 1. The van der Waals surface area contributed by atoms with Crippen LogP contribution < -0.4 is 5.32 Å². The van der Waals surface area contributed by atoms with Gasteiger partial charge < -0.3 is 9.73 Å². The minimum absolute atomic E-state index is 0.0121.